The van der Waals surface area contributed by atoms with E-state index in [1.54, 1.807) is 6.92 Å². The zero-order valence-electron chi connectivity index (χ0n) is 16.9. The number of hydrogen-bond donors (Lipinski definition) is 1. The van der Waals surface area contributed by atoms with E-state index in [4.69, 9.17) is 4.74 Å². The number of nitrogens with one attached hydrogen (secondary N) is 1. The highest BCUT2D eigenvalue weighted by atomic mass is 32.1. The Bertz CT molecular complexity index is 1030. The van der Waals surface area contributed by atoms with Gasteiger partial charge in [0.15, 0.2) is 0 Å². The first-order valence-corrected chi connectivity index (χ1v) is 10.4. The number of fused-ring (bicyclic) bond motifs is 1. The Kier molecular flexibility index (Phi) is 6.61. The third-order valence-corrected chi connectivity index (χ3v) is 6.01. The van der Waals surface area contributed by atoms with E-state index >= 15 is 0 Å². The third-order valence-electron chi connectivity index (χ3n) is 4.88. The molecule has 1 aromatic heterocycles. The number of hydrogen-bond acceptors (Lipinski definition) is 9. The smallest absolute Gasteiger partial charge is 0.341 e. The van der Waals surface area contributed by atoms with Gasteiger partial charge in [-0.3, -0.25) is 29.9 Å². The SMILES string of the molecule is CCOC(=O)c1c(NC(=O)c2cc([N+](=O)[O-])cc([N+](=O)[O-])c2)sc2c1CCN(CC)C2. The summed E-state index contributed by atoms with van der Waals surface area (Å²) < 4.78 is 5.16. The van der Waals surface area contributed by atoms with Crippen LogP contribution in [0.5, 0.6) is 0 Å². The molecule has 0 unspecified atom stereocenters. The summed E-state index contributed by atoms with van der Waals surface area (Å²) >= 11 is 1.24. The number of amides is 1. The Balaban J connectivity index is 1.99. The number of nitro benzene ring substituents is 2. The summed E-state index contributed by atoms with van der Waals surface area (Å²) in [6.07, 6.45) is 0.617. The van der Waals surface area contributed by atoms with Crippen molar-refractivity contribution in [1.29, 1.82) is 0 Å². The first-order valence-electron chi connectivity index (χ1n) is 9.54. The van der Waals surface area contributed by atoms with Crippen LogP contribution >= 0.6 is 11.3 Å². The Labute approximate surface area is 180 Å². The highest BCUT2D eigenvalue weighted by Gasteiger charge is 2.30. The second-order valence-corrected chi connectivity index (χ2v) is 7.86. The van der Waals surface area contributed by atoms with Crippen molar-refractivity contribution in [3.8, 4) is 0 Å². The first kappa shape index (κ1) is 22.3. The number of benzene rings is 1. The number of thiophene rings is 1. The van der Waals surface area contributed by atoms with Gasteiger partial charge in [-0.15, -0.1) is 11.3 Å². The number of ether oxygens (including phenoxy) is 1. The van der Waals surface area contributed by atoms with Gasteiger partial charge in [0, 0.05) is 30.1 Å². The number of carbonyl (C=O) groups excluding carboxylic acids is 2. The Hall–Kier alpha value is -3.38. The minimum absolute atomic E-state index is 0.162. The second-order valence-electron chi connectivity index (χ2n) is 6.75. The van der Waals surface area contributed by atoms with E-state index in [0.29, 0.717) is 13.0 Å². The maximum absolute atomic E-state index is 12.8. The van der Waals surface area contributed by atoms with E-state index in [9.17, 15) is 29.8 Å². The molecule has 0 saturated heterocycles. The van der Waals surface area contributed by atoms with Crippen LogP contribution < -0.4 is 5.32 Å². The molecule has 0 radical (unpaired) electrons. The Morgan fingerprint density at radius 1 is 1.16 bits per heavy atom. The number of carbonyl (C=O) groups is 2. The minimum Gasteiger partial charge on any atom is -0.462 e. The van der Waals surface area contributed by atoms with E-state index < -0.39 is 33.1 Å². The third kappa shape index (κ3) is 4.70. The van der Waals surface area contributed by atoms with Crippen molar-refractivity contribution in [2.24, 2.45) is 0 Å². The predicted molar refractivity (Wildman–Crippen MR) is 113 cm³/mol. The lowest BCUT2D eigenvalue weighted by Crippen LogP contribution is -2.30. The van der Waals surface area contributed by atoms with Crippen LogP contribution in [0.15, 0.2) is 18.2 Å². The summed E-state index contributed by atoms with van der Waals surface area (Å²) in [7, 11) is 0. The number of nitro groups is 2. The molecule has 31 heavy (non-hydrogen) atoms. The van der Waals surface area contributed by atoms with Crippen LogP contribution in [0, 0.1) is 20.2 Å². The van der Waals surface area contributed by atoms with E-state index in [2.05, 4.69) is 10.2 Å². The standard InChI is InChI=1S/C19H20N4O7S/c1-3-21-6-5-14-15(10-21)31-18(16(14)19(25)30-4-2)20-17(24)11-7-12(22(26)27)9-13(8-11)23(28)29/h7-9H,3-6,10H2,1-2H3,(H,20,24). The predicted octanol–water partition coefficient (Wildman–Crippen LogP) is 3.37. The molecule has 1 aliphatic rings. The van der Waals surface area contributed by atoms with E-state index in [0.717, 1.165) is 41.7 Å². The average Bonchev–Trinajstić information content (AvgIpc) is 3.10. The van der Waals surface area contributed by atoms with Crippen LogP contribution in [0.3, 0.4) is 0 Å². The minimum atomic E-state index is -0.809. The molecule has 0 fully saturated rings. The Morgan fingerprint density at radius 2 is 1.81 bits per heavy atom. The van der Waals surface area contributed by atoms with Crippen molar-refractivity contribution < 1.29 is 24.2 Å². The molecule has 164 valence electrons. The zero-order chi connectivity index (χ0) is 22.7. The van der Waals surface area contributed by atoms with Gasteiger partial charge >= 0.3 is 5.97 Å². The molecule has 2 heterocycles. The lowest BCUT2D eigenvalue weighted by molar-refractivity contribution is -0.394. The van der Waals surface area contributed by atoms with Crippen LogP contribution in [-0.4, -0.2) is 46.3 Å². The van der Waals surface area contributed by atoms with Crippen LogP contribution in [0.2, 0.25) is 0 Å². The van der Waals surface area contributed by atoms with Crippen molar-refractivity contribution in [2.45, 2.75) is 26.8 Å². The second kappa shape index (κ2) is 9.18. The zero-order valence-corrected chi connectivity index (χ0v) is 17.7. The van der Waals surface area contributed by atoms with Crippen LogP contribution in [0.1, 0.15) is 45.0 Å². The fraction of sp³-hybridized carbons (Fsp3) is 0.368. The number of esters is 1. The van der Waals surface area contributed by atoms with Gasteiger partial charge in [-0.05, 0) is 25.5 Å². The molecule has 0 saturated carbocycles. The lowest BCUT2D eigenvalue weighted by Gasteiger charge is -2.25. The number of likely N-dealkylation sites (N-methyl/N-ethyl adjacent to an activating group) is 1. The molecule has 3 rings (SSSR count). The summed E-state index contributed by atoms with van der Waals surface area (Å²) in [5, 5.41) is 25.1. The lowest BCUT2D eigenvalue weighted by atomic mass is 10.0. The highest BCUT2D eigenvalue weighted by molar-refractivity contribution is 7.17. The molecule has 1 aromatic carbocycles. The molecule has 0 spiro atoms. The summed E-state index contributed by atoms with van der Waals surface area (Å²) in [6.45, 7) is 6.09. The van der Waals surface area contributed by atoms with Crippen LogP contribution in [0.25, 0.3) is 0 Å². The maximum Gasteiger partial charge on any atom is 0.341 e. The summed E-state index contributed by atoms with van der Waals surface area (Å²) in [5.74, 6) is -1.35. The Morgan fingerprint density at radius 3 is 2.35 bits per heavy atom. The van der Waals surface area contributed by atoms with Crippen molar-refractivity contribution in [3.63, 3.8) is 0 Å². The number of nitrogens with zero attached hydrogens (tertiary/aromatic N) is 3. The fourth-order valence-electron chi connectivity index (χ4n) is 3.35. The molecule has 12 heteroatoms. The van der Waals surface area contributed by atoms with Gasteiger partial charge in [-0.25, -0.2) is 4.79 Å². The van der Waals surface area contributed by atoms with Gasteiger partial charge in [0.2, 0.25) is 0 Å². The van der Waals surface area contributed by atoms with E-state index in [1.165, 1.54) is 11.3 Å². The number of rotatable bonds is 7. The van der Waals surface area contributed by atoms with Crippen molar-refractivity contribution in [3.05, 3.63) is 60.0 Å². The van der Waals surface area contributed by atoms with Gasteiger partial charge in [0.05, 0.1) is 33.6 Å². The quantitative estimate of drug-likeness (QED) is 0.385. The van der Waals surface area contributed by atoms with Crippen molar-refractivity contribution in [2.75, 3.05) is 25.0 Å². The van der Waals surface area contributed by atoms with Gasteiger partial charge in [-0.1, -0.05) is 6.92 Å². The van der Waals surface area contributed by atoms with Gasteiger partial charge in [-0.2, -0.15) is 0 Å². The molecule has 1 N–H and O–H groups in total. The van der Waals surface area contributed by atoms with Gasteiger partial charge in [0.1, 0.15) is 5.00 Å². The highest BCUT2D eigenvalue weighted by Crippen LogP contribution is 2.38. The molecule has 0 aliphatic carbocycles. The molecule has 1 amide bonds. The molecule has 11 nitrogen and oxygen atoms in total. The van der Waals surface area contributed by atoms with Gasteiger partial charge < -0.3 is 10.1 Å². The number of non-ortho nitro benzene ring substituents is 2. The largest absolute Gasteiger partial charge is 0.462 e. The average molecular weight is 448 g/mol. The fourth-order valence-corrected chi connectivity index (χ4v) is 4.62. The summed E-state index contributed by atoms with van der Waals surface area (Å²) in [4.78, 5) is 49.1. The molecule has 2 aromatic rings. The van der Waals surface area contributed by atoms with Crippen LogP contribution in [-0.2, 0) is 17.7 Å². The van der Waals surface area contributed by atoms with Crippen molar-refractivity contribution >= 4 is 39.6 Å². The maximum atomic E-state index is 12.8. The molecular formula is C19H20N4O7S. The van der Waals surface area contributed by atoms with Gasteiger partial charge in [0.25, 0.3) is 17.3 Å². The molecule has 0 bridgehead atoms. The first-order chi connectivity index (χ1) is 14.7. The number of anilines is 1. The van der Waals surface area contributed by atoms with E-state index in [1.807, 2.05) is 6.92 Å². The molecular weight excluding hydrogens is 428 g/mol. The summed E-state index contributed by atoms with van der Waals surface area (Å²) in [6, 6.07) is 2.70. The normalized spacial score (nSPS) is 13.4. The molecule has 1 aliphatic heterocycles. The van der Waals surface area contributed by atoms with E-state index in [-0.39, 0.29) is 22.7 Å². The monoisotopic (exact) mass is 448 g/mol. The molecule has 0 atom stereocenters. The topological polar surface area (TPSA) is 145 Å². The van der Waals surface area contributed by atoms with Crippen LogP contribution in [0.4, 0.5) is 16.4 Å². The van der Waals surface area contributed by atoms with Crippen molar-refractivity contribution in [1.82, 2.24) is 4.90 Å². The summed E-state index contributed by atoms with van der Waals surface area (Å²) in [5.41, 5.74) is -0.320.